The van der Waals surface area contributed by atoms with Gasteiger partial charge in [0.2, 0.25) is 0 Å². The summed E-state index contributed by atoms with van der Waals surface area (Å²) in [6.07, 6.45) is 1.82. The number of nitrogens with zero attached hydrogens (tertiary/aromatic N) is 3. The van der Waals surface area contributed by atoms with Crippen LogP contribution in [-0.2, 0) is 6.54 Å². The van der Waals surface area contributed by atoms with Crippen LogP contribution in [0.3, 0.4) is 0 Å². The van der Waals surface area contributed by atoms with Crippen molar-refractivity contribution in [3.63, 3.8) is 0 Å². The van der Waals surface area contributed by atoms with E-state index in [1.807, 2.05) is 24.4 Å². The van der Waals surface area contributed by atoms with Gasteiger partial charge in [0.25, 0.3) is 0 Å². The maximum atomic E-state index is 4.76. The van der Waals surface area contributed by atoms with Crippen LogP contribution >= 0.6 is 35.7 Å². The van der Waals surface area contributed by atoms with Gasteiger partial charge >= 0.3 is 0 Å². The number of thioether (sulfide) groups is 1. The molecule has 1 atom stereocenters. The summed E-state index contributed by atoms with van der Waals surface area (Å²) in [7, 11) is 0. The Hall–Kier alpha value is -0.500. The molecule has 1 aromatic rings. The average Bonchev–Trinajstić information content (AvgIpc) is 2.52. The van der Waals surface area contributed by atoms with Crippen LogP contribution in [0.25, 0.3) is 0 Å². The highest BCUT2D eigenvalue weighted by Gasteiger charge is 2.24. The molecular formula is C16H27IN4S. The summed E-state index contributed by atoms with van der Waals surface area (Å²) in [5.74, 6) is 2.90. The topological polar surface area (TPSA) is 40.5 Å². The average molecular weight is 434 g/mol. The predicted octanol–water partition coefficient (Wildman–Crippen LogP) is 3.24. The van der Waals surface area contributed by atoms with Crippen LogP contribution < -0.4 is 5.32 Å². The second kappa shape index (κ2) is 10.3. The largest absolute Gasteiger partial charge is 0.357 e. The van der Waals surface area contributed by atoms with Crippen molar-refractivity contribution in [2.75, 3.05) is 25.4 Å². The number of aliphatic imine (C=N–C) groups is 1. The molecule has 0 amide bonds. The summed E-state index contributed by atoms with van der Waals surface area (Å²) in [6, 6.07) is 5.97. The van der Waals surface area contributed by atoms with Crippen LogP contribution in [0.5, 0.6) is 0 Å². The Morgan fingerprint density at radius 1 is 1.50 bits per heavy atom. The number of nitrogens with one attached hydrogen (secondary N) is 1. The molecule has 1 saturated heterocycles. The Morgan fingerprint density at radius 3 is 2.95 bits per heavy atom. The van der Waals surface area contributed by atoms with Crippen LogP contribution in [0, 0.1) is 5.92 Å². The molecule has 1 N–H and O–H groups in total. The van der Waals surface area contributed by atoms with Crippen LogP contribution in [0.1, 0.15) is 26.5 Å². The minimum Gasteiger partial charge on any atom is -0.357 e. The number of rotatable bonds is 4. The molecule has 1 aliphatic rings. The highest BCUT2D eigenvalue weighted by Crippen LogP contribution is 2.24. The van der Waals surface area contributed by atoms with E-state index in [0.29, 0.717) is 17.7 Å². The third kappa shape index (κ3) is 5.95. The standard InChI is InChI=1S/C16H26N4S.HI/c1-4-17-16(19-11-14-7-5-6-8-18-14)20-9-10-21-15(12-20)13(2)3;/h5-8,13,15H,4,9-12H2,1-3H3,(H,17,19);1H. The lowest BCUT2D eigenvalue weighted by Crippen LogP contribution is -2.49. The van der Waals surface area contributed by atoms with Crippen molar-refractivity contribution in [1.82, 2.24) is 15.2 Å². The molecule has 0 saturated carbocycles. The highest BCUT2D eigenvalue weighted by atomic mass is 127. The zero-order chi connectivity index (χ0) is 15.1. The monoisotopic (exact) mass is 434 g/mol. The van der Waals surface area contributed by atoms with E-state index in [-0.39, 0.29) is 24.0 Å². The van der Waals surface area contributed by atoms with Gasteiger partial charge in [-0.2, -0.15) is 11.8 Å². The van der Waals surface area contributed by atoms with Crippen molar-refractivity contribution in [3.05, 3.63) is 30.1 Å². The number of pyridine rings is 1. The number of hydrogen-bond acceptors (Lipinski definition) is 3. The van der Waals surface area contributed by atoms with E-state index >= 15 is 0 Å². The van der Waals surface area contributed by atoms with E-state index in [4.69, 9.17) is 4.99 Å². The second-order valence-corrected chi connectivity index (χ2v) is 6.94. The van der Waals surface area contributed by atoms with Crippen molar-refractivity contribution in [1.29, 1.82) is 0 Å². The molecule has 6 heteroatoms. The number of guanidine groups is 1. The Balaban J connectivity index is 0.00000242. The van der Waals surface area contributed by atoms with E-state index < -0.39 is 0 Å². The quantitative estimate of drug-likeness (QED) is 0.449. The summed E-state index contributed by atoms with van der Waals surface area (Å²) in [5.41, 5.74) is 1.01. The lowest BCUT2D eigenvalue weighted by Gasteiger charge is -2.36. The van der Waals surface area contributed by atoms with Gasteiger partial charge in [-0.1, -0.05) is 19.9 Å². The van der Waals surface area contributed by atoms with E-state index in [1.54, 1.807) is 0 Å². The zero-order valence-electron chi connectivity index (χ0n) is 13.7. The van der Waals surface area contributed by atoms with Crippen molar-refractivity contribution in [2.45, 2.75) is 32.6 Å². The molecule has 0 aliphatic carbocycles. The molecular weight excluding hydrogens is 407 g/mol. The molecule has 2 heterocycles. The molecule has 0 radical (unpaired) electrons. The minimum absolute atomic E-state index is 0. The first-order valence-electron chi connectivity index (χ1n) is 7.75. The first-order valence-corrected chi connectivity index (χ1v) is 8.80. The summed E-state index contributed by atoms with van der Waals surface area (Å²) in [5, 5.41) is 4.11. The van der Waals surface area contributed by atoms with Gasteiger partial charge < -0.3 is 10.2 Å². The summed E-state index contributed by atoms with van der Waals surface area (Å²) < 4.78 is 0. The van der Waals surface area contributed by atoms with Crippen molar-refractivity contribution >= 4 is 41.7 Å². The third-order valence-electron chi connectivity index (χ3n) is 3.59. The molecule has 0 spiro atoms. The van der Waals surface area contributed by atoms with Crippen LogP contribution in [0.2, 0.25) is 0 Å². The number of aromatic nitrogens is 1. The molecule has 1 fully saturated rings. The number of hydrogen-bond donors (Lipinski definition) is 1. The highest BCUT2D eigenvalue weighted by molar-refractivity contribution is 14.0. The molecule has 4 nitrogen and oxygen atoms in total. The van der Waals surface area contributed by atoms with Gasteiger partial charge in [0.05, 0.1) is 12.2 Å². The maximum Gasteiger partial charge on any atom is 0.194 e. The molecule has 124 valence electrons. The van der Waals surface area contributed by atoms with Crippen molar-refractivity contribution < 1.29 is 0 Å². The fourth-order valence-electron chi connectivity index (χ4n) is 2.34. The van der Waals surface area contributed by atoms with E-state index in [9.17, 15) is 0 Å². The third-order valence-corrected chi connectivity index (χ3v) is 5.13. The maximum absolute atomic E-state index is 4.76. The fraction of sp³-hybridized carbons (Fsp3) is 0.625. The fourth-order valence-corrected chi connectivity index (χ4v) is 3.64. The van der Waals surface area contributed by atoms with Crippen LogP contribution in [0.15, 0.2) is 29.4 Å². The van der Waals surface area contributed by atoms with Gasteiger partial charge in [0, 0.05) is 36.8 Å². The Kier molecular flexibility index (Phi) is 9.16. The predicted molar refractivity (Wildman–Crippen MR) is 107 cm³/mol. The molecule has 2 rings (SSSR count). The molecule has 1 unspecified atom stereocenters. The van der Waals surface area contributed by atoms with Crippen molar-refractivity contribution in [3.8, 4) is 0 Å². The van der Waals surface area contributed by atoms with Gasteiger partial charge in [0.15, 0.2) is 5.96 Å². The smallest absolute Gasteiger partial charge is 0.194 e. The first kappa shape index (κ1) is 19.5. The van der Waals surface area contributed by atoms with Gasteiger partial charge in [-0.15, -0.1) is 24.0 Å². The van der Waals surface area contributed by atoms with Gasteiger partial charge in [0.1, 0.15) is 0 Å². The van der Waals surface area contributed by atoms with E-state index in [1.165, 1.54) is 5.75 Å². The second-order valence-electron chi connectivity index (χ2n) is 5.59. The van der Waals surface area contributed by atoms with E-state index in [0.717, 1.165) is 31.3 Å². The summed E-state index contributed by atoms with van der Waals surface area (Å²) in [6.45, 7) is 10.4. The molecule has 1 aromatic heterocycles. The Morgan fingerprint density at radius 2 is 2.32 bits per heavy atom. The van der Waals surface area contributed by atoms with Crippen LogP contribution in [0.4, 0.5) is 0 Å². The lowest BCUT2D eigenvalue weighted by molar-refractivity contribution is 0.380. The zero-order valence-corrected chi connectivity index (χ0v) is 16.8. The van der Waals surface area contributed by atoms with E-state index in [2.05, 4.69) is 47.7 Å². The molecule has 0 aromatic carbocycles. The Labute approximate surface area is 155 Å². The molecule has 22 heavy (non-hydrogen) atoms. The number of halogens is 1. The SMILES string of the molecule is CCNC(=NCc1ccccn1)N1CCSC(C(C)C)C1.I. The van der Waals surface area contributed by atoms with Crippen molar-refractivity contribution in [2.24, 2.45) is 10.9 Å². The van der Waals surface area contributed by atoms with Crippen LogP contribution in [-0.4, -0.2) is 46.5 Å². The van der Waals surface area contributed by atoms with Gasteiger partial charge in [-0.25, -0.2) is 4.99 Å². The molecule has 0 bridgehead atoms. The van der Waals surface area contributed by atoms with Gasteiger partial charge in [-0.3, -0.25) is 4.98 Å². The summed E-state index contributed by atoms with van der Waals surface area (Å²) >= 11 is 2.09. The summed E-state index contributed by atoms with van der Waals surface area (Å²) in [4.78, 5) is 11.5. The van der Waals surface area contributed by atoms with Gasteiger partial charge in [-0.05, 0) is 25.0 Å². The normalized spacial score (nSPS) is 19.0. The Bertz CT molecular complexity index is 453. The lowest BCUT2D eigenvalue weighted by atomic mass is 10.1. The molecule has 1 aliphatic heterocycles. The first-order chi connectivity index (χ1) is 10.2. The minimum atomic E-state index is 0.